The van der Waals surface area contributed by atoms with Crippen molar-refractivity contribution in [2.75, 3.05) is 0 Å². The highest BCUT2D eigenvalue weighted by Crippen LogP contribution is 2.45. The molecule has 1 fully saturated rings. The van der Waals surface area contributed by atoms with Crippen LogP contribution in [0.15, 0.2) is 12.2 Å². The lowest BCUT2D eigenvalue weighted by atomic mass is 9.89. The van der Waals surface area contributed by atoms with E-state index in [-0.39, 0.29) is 12.3 Å². The highest BCUT2D eigenvalue weighted by molar-refractivity contribution is 7.90. The summed E-state index contributed by atoms with van der Waals surface area (Å²) in [7, 11) is -5.57. The first-order valence-corrected chi connectivity index (χ1v) is 7.47. The van der Waals surface area contributed by atoms with Crippen molar-refractivity contribution in [2.45, 2.75) is 31.2 Å². The third-order valence-electron chi connectivity index (χ3n) is 3.71. The Bertz CT molecular complexity index is 498. The minimum Gasteiger partial charge on any atom is -0.274 e. The molecule has 0 radical (unpaired) electrons. The van der Waals surface area contributed by atoms with Gasteiger partial charge in [0.1, 0.15) is 0 Å². The molecule has 0 aliphatic heterocycles. The fraction of sp³-hybridized carbons (Fsp3) is 0.727. The van der Waals surface area contributed by atoms with Crippen molar-refractivity contribution in [3.8, 4) is 0 Å². The summed E-state index contributed by atoms with van der Waals surface area (Å²) in [5, 5.41) is 0. The average molecular weight is 297 g/mol. The molecule has 0 saturated heterocycles. The van der Waals surface area contributed by atoms with Crippen molar-refractivity contribution in [3.63, 3.8) is 0 Å². The van der Waals surface area contributed by atoms with Crippen molar-refractivity contribution in [3.05, 3.63) is 12.2 Å². The van der Waals surface area contributed by atoms with Gasteiger partial charge in [-0.2, -0.15) is 21.6 Å². The van der Waals surface area contributed by atoms with Crippen LogP contribution in [-0.4, -0.2) is 19.8 Å². The number of allylic oxidation sites excluding steroid dienone is 2. The van der Waals surface area contributed by atoms with Gasteiger partial charge in [-0.25, -0.2) is 4.72 Å². The zero-order valence-corrected chi connectivity index (χ0v) is 10.8. The van der Waals surface area contributed by atoms with E-state index in [1.54, 1.807) is 0 Å². The number of amides is 1. The lowest BCUT2D eigenvalue weighted by Gasteiger charge is -2.17. The summed E-state index contributed by atoms with van der Waals surface area (Å²) >= 11 is 0. The van der Waals surface area contributed by atoms with Gasteiger partial charge in [0, 0.05) is 6.42 Å². The molecule has 108 valence electrons. The summed E-state index contributed by atoms with van der Waals surface area (Å²) in [6, 6.07) is 0. The number of alkyl halides is 3. The highest BCUT2D eigenvalue weighted by Gasteiger charge is 2.47. The molecule has 0 spiro atoms. The van der Waals surface area contributed by atoms with Crippen LogP contribution in [0.5, 0.6) is 0 Å². The molecular formula is C11H14F3NO3S. The van der Waals surface area contributed by atoms with E-state index in [0.29, 0.717) is 18.3 Å². The fourth-order valence-corrected chi connectivity index (χ4v) is 3.32. The van der Waals surface area contributed by atoms with E-state index in [2.05, 4.69) is 12.2 Å². The van der Waals surface area contributed by atoms with Gasteiger partial charge >= 0.3 is 15.5 Å². The van der Waals surface area contributed by atoms with Crippen LogP contribution in [-0.2, 0) is 14.8 Å². The van der Waals surface area contributed by atoms with Gasteiger partial charge in [0.2, 0.25) is 5.91 Å². The summed E-state index contributed by atoms with van der Waals surface area (Å²) < 4.78 is 58.6. The van der Waals surface area contributed by atoms with E-state index in [0.717, 1.165) is 17.6 Å². The molecule has 1 N–H and O–H groups in total. The van der Waals surface area contributed by atoms with Crippen LogP contribution in [0.1, 0.15) is 25.7 Å². The van der Waals surface area contributed by atoms with Crippen LogP contribution < -0.4 is 4.72 Å². The maximum absolute atomic E-state index is 12.0. The van der Waals surface area contributed by atoms with Crippen molar-refractivity contribution in [1.82, 2.24) is 4.72 Å². The third kappa shape index (κ3) is 3.10. The van der Waals surface area contributed by atoms with Crippen molar-refractivity contribution >= 4 is 15.9 Å². The molecule has 1 amide bonds. The Morgan fingerprint density at radius 2 is 1.95 bits per heavy atom. The van der Waals surface area contributed by atoms with E-state index in [1.807, 2.05) is 0 Å². The molecule has 1 saturated carbocycles. The monoisotopic (exact) mass is 297 g/mol. The topological polar surface area (TPSA) is 63.2 Å². The van der Waals surface area contributed by atoms with Crippen LogP contribution in [0, 0.1) is 17.8 Å². The van der Waals surface area contributed by atoms with E-state index in [4.69, 9.17) is 0 Å². The van der Waals surface area contributed by atoms with Crippen molar-refractivity contribution < 1.29 is 26.4 Å². The first-order valence-electron chi connectivity index (χ1n) is 5.99. The lowest BCUT2D eigenvalue weighted by molar-refractivity contribution is -0.120. The van der Waals surface area contributed by atoms with Crippen molar-refractivity contribution in [2.24, 2.45) is 17.8 Å². The minimum absolute atomic E-state index is 0.197. The zero-order valence-electron chi connectivity index (χ0n) is 9.98. The second-order valence-corrected chi connectivity index (χ2v) is 6.73. The molecule has 0 aromatic heterocycles. The third-order valence-corrected chi connectivity index (χ3v) is 4.82. The molecule has 0 heterocycles. The van der Waals surface area contributed by atoms with Crippen LogP contribution in [0.4, 0.5) is 13.2 Å². The molecule has 2 bridgehead atoms. The number of rotatable bonds is 4. The van der Waals surface area contributed by atoms with Gasteiger partial charge in [0.15, 0.2) is 0 Å². The lowest BCUT2D eigenvalue weighted by Crippen LogP contribution is -2.40. The number of hydrogen-bond donors (Lipinski definition) is 1. The molecule has 8 heteroatoms. The highest BCUT2D eigenvalue weighted by atomic mass is 32.2. The molecule has 3 unspecified atom stereocenters. The number of sulfonamides is 1. The number of hydrogen-bond acceptors (Lipinski definition) is 3. The van der Waals surface area contributed by atoms with Crippen LogP contribution in [0.25, 0.3) is 0 Å². The second kappa shape index (κ2) is 4.81. The summed E-state index contributed by atoms with van der Waals surface area (Å²) in [6.45, 7) is 0. The normalized spacial score (nSPS) is 29.7. The Hall–Kier alpha value is -1.05. The SMILES string of the molecule is O=C(CCC1CC2C=CC1C2)NS(=O)(=O)C(F)(F)F. The van der Waals surface area contributed by atoms with Crippen molar-refractivity contribution in [1.29, 1.82) is 0 Å². The van der Waals surface area contributed by atoms with E-state index in [9.17, 15) is 26.4 Å². The quantitative estimate of drug-likeness (QED) is 0.807. The van der Waals surface area contributed by atoms with Gasteiger partial charge < -0.3 is 0 Å². The Kier molecular flexibility index (Phi) is 3.63. The predicted molar refractivity (Wildman–Crippen MR) is 61.2 cm³/mol. The fourth-order valence-electron chi connectivity index (χ4n) is 2.80. The summed E-state index contributed by atoms with van der Waals surface area (Å²) in [5.41, 5.74) is -5.45. The van der Waals surface area contributed by atoms with E-state index in [1.165, 1.54) is 0 Å². The molecule has 0 aromatic rings. The molecule has 0 aromatic carbocycles. The van der Waals surface area contributed by atoms with Crippen LogP contribution >= 0.6 is 0 Å². The number of carbonyl (C=O) groups is 1. The summed E-state index contributed by atoms with van der Waals surface area (Å²) in [5.74, 6) is 0.0763. The number of halogens is 3. The van der Waals surface area contributed by atoms with E-state index >= 15 is 0 Å². The molecule has 2 aliphatic rings. The Morgan fingerprint density at radius 1 is 1.26 bits per heavy atom. The molecule has 19 heavy (non-hydrogen) atoms. The molecular weight excluding hydrogens is 283 g/mol. The number of fused-ring (bicyclic) bond motifs is 2. The smallest absolute Gasteiger partial charge is 0.274 e. The largest absolute Gasteiger partial charge is 0.516 e. The Morgan fingerprint density at radius 3 is 2.42 bits per heavy atom. The maximum Gasteiger partial charge on any atom is 0.516 e. The molecule has 2 aliphatic carbocycles. The molecule has 3 atom stereocenters. The first kappa shape index (κ1) is 14.4. The van der Waals surface area contributed by atoms with Gasteiger partial charge in [-0.1, -0.05) is 12.2 Å². The van der Waals surface area contributed by atoms with Crippen LogP contribution in [0.3, 0.4) is 0 Å². The van der Waals surface area contributed by atoms with Gasteiger partial charge in [-0.15, -0.1) is 0 Å². The van der Waals surface area contributed by atoms with Gasteiger partial charge in [-0.05, 0) is 37.0 Å². The zero-order chi connectivity index (χ0) is 14.3. The Labute approximate surface area is 109 Å². The minimum atomic E-state index is -5.57. The Balaban J connectivity index is 1.81. The first-order chi connectivity index (χ1) is 8.69. The van der Waals surface area contributed by atoms with Gasteiger partial charge in [-0.3, -0.25) is 4.79 Å². The summed E-state index contributed by atoms with van der Waals surface area (Å²) in [6.07, 6.45) is 6.38. The number of carbonyl (C=O) groups excluding carboxylic acids is 1. The second-order valence-electron chi connectivity index (χ2n) is 5.05. The van der Waals surface area contributed by atoms with Gasteiger partial charge in [0.05, 0.1) is 0 Å². The van der Waals surface area contributed by atoms with Crippen LogP contribution in [0.2, 0.25) is 0 Å². The van der Waals surface area contributed by atoms with Gasteiger partial charge in [0.25, 0.3) is 0 Å². The predicted octanol–water partition coefficient (Wildman–Crippen LogP) is 1.94. The molecule has 2 rings (SSSR count). The average Bonchev–Trinajstić information content (AvgIpc) is 2.85. The molecule has 4 nitrogen and oxygen atoms in total. The number of nitrogens with one attached hydrogen (secondary N) is 1. The summed E-state index contributed by atoms with van der Waals surface area (Å²) in [4.78, 5) is 11.3. The standard InChI is InChI=1S/C11H14F3NO3S/c12-11(13,14)19(17,18)15-10(16)4-3-9-6-7-1-2-8(9)5-7/h1-2,7-9H,3-6H2,(H,15,16). The van der Waals surface area contributed by atoms with E-state index < -0.39 is 21.4 Å². The maximum atomic E-state index is 12.0.